The quantitative estimate of drug-likeness (QED) is 0.413. The van der Waals surface area contributed by atoms with E-state index in [-0.39, 0.29) is 5.95 Å². The largest absolute Gasteiger partial charge is 0.453 e. The lowest BCUT2D eigenvalue weighted by Gasteiger charge is -2.18. The Morgan fingerprint density at radius 3 is 2.27 bits per heavy atom. The maximum Gasteiger partial charge on any atom is 0.453 e. The summed E-state index contributed by atoms with van der Waals surface area (Å²) in [6.45, 7) is 1.91. The second-order valence-electron chi connectivity index (χ2n) is 7.41. The Morgan fingerprint density at radius 2 is 1.73 bits per heavy atom. The SMILES string of the molecule is Cc1cc(C2CC2)c(-c2ccccc2)cc1-n1nc(C(F)(F)F)nc1N(C)C.OS. The van der Waals surface area contributed by atoms with Crippen LogP contribution < -0.4 is 4.90 Å². The summed E-state index contributed by atoms with van der Waals surface area (Å²) in [6.07, 6.45) is -2.31. The van der Waals surface area contributed by atoms with Crippen molar-refractivity contribution in [1.29, 1.82) is 0 Å². The first-order valence-corrected chi connectivity index (χ1v) is 9.77. The average molecular weight is 437 g/mol. The van der Waals surface area contributed by atoms with Crippen molar-refractivity contribution in [3.8, 4) is 16.8 Å². The lowest BCUT2D eigenvalue weighted by atomic mass is 9.94. The summed E-state index contributed by atoms with van der Waals surface area (Å²) in [5.74, 6) is -0.477. The van der Waals surface area contributed by atoms with Crippen molar-refractivity contribution in [2.45, 2.75) is 31.9 Å². The molecule has 2 aromatic carbocycles. The van der Waals surface area contributed by atoms with Gasteiger partial charge < -0.3 is 9.45 Å². The first-order chi connectivity index (χ1) is 14.3. The van der Waals surface area contributed by atoms with Gasteiger partial charge in [0.05, 0.1) is 5.69 Å². The van der Waals surface area contributed by atoms with Gasteiger partial charge in [0, 0.05) is 14.1 Å². The summed E-state index contributed by atoms with van der Waals surface area (Å²) >= 11 is 2.53. The molecule has 0 aliphatic heterocycles. The lowest BCUT2D eigenvalue weighted by Crippen LogP contribution is -2.16. The fraction of sp³-hybridized carbons (Fsp3) is 0.333. The third-order valence-electron chi connectivity index (χ3n) is 4.94. The number of anilines is 1. The molecule has 0 spiro atoms. The molecule has 0 amide bonds. The Hall–Kier alpha value is -2.52. The highest BCUT2D eigenvalue weighted by atomic mass is 32.1. The van der Waals surface area contributed by atoms with E-state index < -0.39 is 12.0 Å². The van der Waals surface area contributed by atoms with Gasteiger partial charge in [0.2, 0.25) is 5.95 Å². The summed E-state index contributed by atoms with van der Waals surface area (Å²) in [5.41, 5.74) is 4.82. The van der Waals surface area contributed by atoms with E-state index in [2.05, 4.69) is 29.1 Å². The first kappa shape index (κ1) is 22.2. The number of thiol groups is 1. The fourth-order valence-electron chi connectivity index (χ4n) is 3.42. The van der Waals surface area contributed by atoms with Gasteiger partial charge in [0.1, 0.15) is 0 Å². The molecule has 0 bridgehead atoms. The number of aryl methyl sites for hydroxylation is 1. The Kier molecular flexibility index (Phi) is 6.42. The first-order valence-electron chi connectivity index (χ1n) is 9.37. The highest BCUT2D eigenvalue weighted by molar-refractivity contribution is 7.74. The van der Waals surface area contributed by atoms with E-state index in [9.17, 15) is 13.2 Å². The summed E-state index contributed by atoms with van der Waals surface area (Å²) in [5, 5.41) is 3.80. The van der Waals surface area contributed by atoms with Crippen molar-refractivity contribution >= 4 is 18.9 Å². The van der Waals surface area contributed by atoms with Crippen molar-refractivity contribution in [3.05, 3.63) is 59.4 Å². The predicted molar refractivity (Wildman–Crippen MR) is 114 cm³/mol. The minimum atomic E-state index is -4.60. The van der Waals surface area contributed by atoms with Crippen molar-refractivity contribution < 1.29 is 17.7 Å². The zero-order valence-electron chi connectivity index (χ0n) is 16.9. The van der Waals surface area contributed by atoms with E-state index in [1.165, 1.54) is 10.2 Å². The van der Waals surface area contributed by atoms with Crippen LogP contribution in [0.5, 0.6) is 0 Å². The summed E-state index contributed by atoms with van der Waals surface area (Å²) in [7, 11) is 3.32. The molecule has 1 aliphatic carbocycles. The number of alkyl halides is 3. The maximum atomic E-state index is 13.2. The van der Waals surface area contributed by atoms with E-state index in [1.54, 1.807) is 19.0 Å². The van der Waals surface area contributed by atoms with Gasteiger partial charge in [-0.05, 0) is 66.9 Å². The topological polar surface area (TPSA) is 54.2 Å². The molecule has 160 valence electrons. The van der Waals surface area contributed by atoms with Crippen LogP contribution in [0.15, 0.2) is 42.5 Å². The van der Waals surface area contributed by atoms with Crippen LogP contribution in [0.25, 0.3) is 16.8 Å². The van der Waals surface area contributed by atoms with Crippen molar-refractivity contribution in [1.82, 2.24) is 14.8 Å². The third-order valence-corrected chi connectivity index (χ3v) is 4.94. The molecular weight excluding hydrogens is 413 g/mol. The monoisotopic (exact) mass is 436 g/mol. The molecule has 30 heavy (non-hydrogen) atoms. The Labute approximate surface area is 178 Å². The number of nitrogens with zero attached hydrogens (tertiary/aromatic N) is 4. The predicted octanol–water partition coefficient (Wildman–Crippen LogP) is 5.59. The summed E-state index contributed by atoms with van der Waals surface area (Å²) < 4.78 is 47.7. The molecule has 3 aromatic rings. The van der Waals surface area contributed by atoms with Crippen LogP contribution in [0, 0.1) is 6.92 Å². The number of benzene rings is 2. The highest BCUT2D eigenvalue weighted by Gasteiger charge is 2.38. The molecule has 1 heterocycles. The number of aromatic nitrogens is 3. The standard InChI is InChI=1S/C21H21F3N4.H2OS/c1-13-11-16(15-9-10-15)17(14-7-5-4-6-8-14)12-18(13)28-20(27(2)3)25-19(26-28)21(22,23)24;1-2/h4-8,11-12,15H,9-10H2,1-3H3;1-2H. The molecule has 1 aromatic heterocycles. The number of rotatable bonds is 4. The van der Waals surface area contributed by atoms with Crippen molar-refractivity contribution in [3.63, 3.8) is 0 Å². The van der Waals surface area contributed by atoms with Crippen LogP contribution in [-0.4, -0.2) is 33.4 Å². The minimum absolute atomic E-state index is 0.147. The zero-order valence-corrected chi connectivity index (χ0v) is 17.7. The molecule has 1 fully saturated rings. The van der Waals surface area contributed by atoms with Crippen LogP contribution in [-0.2, 0) is 6.18 Å². The smallest absolute Gasteiger partial charge is 0.347 e. The molecular formula is C21H23F3N4OS. The Balaban J connectivity index is 0.00000124. The van der Waals surface area contributed by atoms with Gasteiger partial charge in [-0.2, -0.15) is 22.8 Å². The minimum Gasteiger partial charge on any atom is -0.347 e. The molecule has 0 atom stereocenters. The van der Waals surface area contributed by atoms with Crippen LogP contribution in [0.1, 0.15) is 35.7 Å². The second kappa shape index (κ2) is 8.69. The molecule has 4 rings (SSSR count). The van der Waals surface area contributed by atoms with Crippen LogP contribution in [0.4, 0.5) is 19.1 Å². The van der Waals surface area contributed by atoms with E-state index >= 15 is 0 Å². The molecule has 0 saturated heterocycles. The van der Waals surface area contributed by atoms with Gasteiger partial charge in [-0.15, -0.1) is 5.10 Å². The van der Waals surface area contributed by atoms with Crippen molar-refractivity contribution in [2.24, 2.45) is 0 Å². The number of halogens is 3. The van der Waals surface area contributed by atoms with E-state index in [0.29, 0.717) is 11.6 Å². The molecule has 5 nitrogen and oxygen atoms in total. The van der Waals surface area contributed by atoms with Crippen LogP contribution in [0.2, 0.25) is 0 Å². The van der Waals surface area contributed by atoms with Gasteiger partial charge in [-0.1, -0.05) is 36.4 Å². The highest BCUT2D eigenvalue weighted by Crippen LogP contribution is 2.46. The van der Waals surface area contributed by atoms with E-state index in [1.807, 2.05) is 43.3 Å². The Morgan fingerprint density at radius 1 is 1.10 bits per heavy atom. The molecule has 9 heteroatoms. The summed E-state index contributed by atoms with van der Waals surface area (Å²) in [4.78, 5) is 5.26. The molecule has 1 N–H and O–H groups in total. The lowest BCUT2D eigenvalue weighted by molar-refractivity contribution is -0.144. The number of hydrogen-bond acceptors (Lipinski definition) is 5. The third kappa shape index (κ3) is 4.46. The van der Waals surface area contributed by atoms with E-state index in [0.717, 1.165) is 29.5 Å². The molecule has 1 aliphatic rings. The van der Waals surface area contributed by atoms with Crippen LogP contribution >= 0.6 is 12.9 Å². The second-order valence-corrected chi connectivity index (χ2v) is 7.41. The number of hydrogen-bond donors (Lipinski definition) is 2. The van der Waals surface area contributed by atoms with Gasteiger partial charge in [0.15, 0.2) is 0 Å². The average Bonchev–Trinajstić information content (AvgIpc) is 3.46. The van der Waals surface area contributed by atoms with Gasteiger partial charge in [-0.25, -0.2) is 0 Å². The molecule has 0 unspecified atom stereocenters. The van der Waals surface area contributed by atoms with E-state index in [4.69, 9.17) is 4.55 Å². The fourth-order valence-corrected chi connectivity index (χ4v) is 3.42. The molecule has 0 radical (unpaired) electrons. The zero-order chi connectivity index (χ0) is 22.1. The van der Waals surface area contributed by atoms with Gasteiger partial charge >= 0.3 is 6.18 Å². The van der Waals surface area contributed by atoms with Crippen LogP contribution in [0.3, 0.4) is 0 Å². The maximum absolute atomic E-state index is 13.2. The molecule has 1 saturated carbocycles. The summed E-state index contributed by atoms with van der Waals surface area (Å²) in [6, 6.07) is 14.0. The van der Waals surface area contributed by atoms with Crippen molar-refractivity contribution in [2.75, 3.05) is 19.0 Å². The normalized spacial score (nSPS) is 13.6. The van der Waals surface area contributed by atoms with Gasteiger partial charge in [-0.3, -0.25) is 0 Å². The Bertz CT molecular complexity index is 1020. The van der Waals surface area contributed by atoms with Gasteiger partial charge in [0.25, 0.3) is 5.82 Å².